The van der Waals surface area contributed by atoms with Crippen LogP contribution in [0.25, 0.3) is 0 Å². The van der Waals surface area contributed by atoms with E-state index in [0.717, 1.165) is 0 Å². The van der Waals surface area contributed by atoms with Crippen LogP contribution in [0.3, 0.4) is 0 Å². The summed E-state index contributed by atoms with van der Waals surface area (Å²) in [6, 6.07) is 8.23. The minimum atomic E-state index is -2.92. The standard InChI is InChI=1S/C7H9Cl2N2OP/c8-13(9,11-7(10)12)6-4-2-1-3-5-6/h1-5,13H,(H3,10,11,12). The Balaban J connectivity index is 2.87. The van der Waals surface area contributed by atoms with Gasteiger partial charge in [0.15, 0.2) is 0 Å². The maximum absolute atomic E-state index is 10.6. The Hall–Kier alpha value is -0.500. The van der Waals surface area contributed by atoms with E-state index >= 15 is 0 Å². The molecule has 72 valence electrons. The molecule has 0 spiro atoms. The van der Waals surface area contributed by atoms with Crippen molar-refractivity contribution in [3.05, 3.63) is 30.3 Å². The zero-order chi connectivity index (χ0) is 9.90. The van der Waals surface area contributed by atoms with Crippen LogP contribution in [-0.4, -0.2) is 6.03 Å². The zero-order valence-electron chi connectivity index (χ0n) is 6.63. The molecule has 6 heteroatoms. The fraction of sp³-hybridized carbons (Fsp3) is 0. The Bertz CT molecular complexity index is 305. The van der Waals surface area contributed by atoms with Crippen LogP contribution < -0.4 is 16.1 Å². The summed E-state index contributed by atoms with van der Waals surface area (Å²) in [7, 11) is 0. The van der Waals surface area contributed by atoms with Gasteiger partial charge < -0.3 is 0 Å². The third kappa shape index (κ3) is 3.03. The Morgan fingerprint density at radius 2 is 1.85 bits per heavy atom. The number of hydrogen-bond acceptors (Lipinski definition) is 1. The molecular weight excluding hydrogens is 230 g/mol. The van der Waals surface area contributed by atoms with Crippen molar-refractivity contribution in [2.45, 2.75) is 0 Å². The monoisotopic (exact) mass is 238 g/mol. The Morgan fingerprint density at radius 3 is 2.31 bits per heavy atom. The topological polar surface area (TPSA) is 55.1 Å². The van der Waals surface area contributed by atoms with E-state index in [-0.39, 0.29) is 0 Å². The molecule has 1 aromatic rings. The second-order valence-corrected chi connectivity index (χ2v) is 8.39. The Morgan fingerprint density at radius 1 is 1.31 bits per heavy atom. The van der Waals surface area contributed by atoms with Crippen molar-refractivity contribution < 1.29 is 4.79 Å². The van der Waals surface area contributed by atoms with E-state index in [1.807, 2.05) is 6.07 Å². The Labute approximate surface area is 86.2 Å². The molecular formula is C7H9Cl2N2OP. The molecule has 1 aromatic carbocycles. The van der Waals surface area contributed by atoms with Gasteiger partial charge in [0.2, 0.25) is 0 Å². The molecule has 0 aliphatic carbocycles. The van der Waals surface area contributed by atoms with Crippen LogP contribution in [0, 0.1) is 0 Å². The molecule has 0 bridgehead atoms. The molecule has 0 radical (unpaired) electrons. The molecule has 0 aromatic heterocycles. The first-order valence-corrected chi connectivity index (χ1v) is 7.56. The molecule has 0 unspecified atom stereocenters. The van der Waals surface area contributed by atoms with Gasteiger partial charge in [0.1, 0.15) is 0 Å². The minimum absolute atomic E-state index is 0.706. The number of nitrogens with one attached hydrogen (secondary N) is 1. The van der Waals surface area contributed by atoms with Gasteiger partial charge in [0.05, 0.1) is 0 Å². The third-order valence-corrected chi connectivity index (χ3v) is 4.91. The zero-order valence-corrected chi connectivity index (χ0v) is 9.14. The van der Waals surface area contributed by atoms with E-state index < -0.39 is 12.1 Å². The van der Waals surface area contributed by atoms with Crippen LogP contribution >= 0.6 is 28.6 Å². The van der Waals surface area contributed by atoms with Crippen molar-refractivity contribution in [3.63, 3.8) is 0 Å². The summed E-state index contributed by atoms with van der Waals surface area (Å²) in [6.45, 7) is 0. The molecule has 0 aliphatic heterocycles. The van der Waals surface area contributed by atoms with E-state index in [4.69, 9.17) is 28.2 Å². The van der Waals surface area contributed by atoms with E-state index in [1.54, 1.807) is 24.3 Å². The van der Waals surface area contributed by atoms with Crippen molar-refractivity contribution in [1.82, 2.24) is 5.09 Å². The molecule has 0 saturated heterocycles. The van der Waals surface area contributed by atoms with Crippen molar-refractivity contribution in [2.24, 2.45) is 5.73 Å². The number of hydrogen-bond donors (Lipinski definition) is 2. The molecule has 0 heterocycles. The number of amides is 2. The van der Waals surface area contributed by atoms with Gasteiger partial charge in [-0.2, -0.15) is 0 Å². The van der Waals surface area contributed by atoms with Gasteiger partial charge in [-0.1, -0.05) is 0 Å². The van der Waals surface area contributed by atoms with Crippen LogP contribution in [0.1, 0.15) is 0 Å². The van der Waals surface area contributed by atoms with Gasteiger partial charge in [0, 0.05) is 0 Å². The van der Waals surface area contributed by atoms with Crippen molar-refractivity contribution in [2.75, 3.05) is 0 Å². The summed E-state index contributed by atoms with van der Waals surface area (Å²) in [5, 5.41) is 3.05. The number of carbonyl (C=O) groups excluding carboxylic acids is 1. The van der Waals surface area contributed by atoms with Gasteiger partial charge in [0.25, 0.3) is 0 Å². The van der Waals surface area contributed by atoms with Crippen LogP contribution in [0.4, 0.5) is 4.79 Å². The predicted molar refractivity (Wildman–Crippen MR) is 58.8 cm³/mol. The van der Waals surface area contributed by atoms with Crippen LogP contribution in [0.2, 0.25) is 0 Å². The summed E-state index contributed by atoms with van der Waals surface area (Å²) in [5.41, 5.74) is 4.93. The molecule has 2 amide bonds. The fourth-order valence-corrected chi connectivity index (χ4v) is 3.25. The van der Waals surface area contributed by atoms with Crippen LogP contribution in [0.15, 0.2) is 30.3 Å². The summed E-state index contributed by atoms with van der Waals surface area (Å²) >= 11 is 11.9. The molecule has 0 aliphatic rings. The van der Waals surface area contributed by atoms with Crippen molar-refractivity contribution in [1.29, 1.82) is 0 Å². The maximum atomic E-state index is 10.6. The van der Waals surface area contributed by atoms with Crippen LogP contribution in [-0.2, 0) is 0 Å². The number of urea groups is 1. The number of benzene rings is 1. The average molecular weight is 239 g/mol. The molecule has 13 heavy (non-hydrogen) atoms. The SMILES string of the molecule is NC(=O)N[PH](Cl)(Cl)c1ccccc1. The third-order valence-electron chi connectivity index (χ3n) is 1.42. The van der Waals surface area contributed by atoms with E-state index in [0.29, 0.717) is 5.30 Å². The van der Waals surface area contributed by atoms with E-state index in [2.05, 4.69) is 5.09 Å². The first-order chi connectivity index (χ1) is 6.02. The average Bonchev–Trinajstić information content (AvgIpc) is 2.04. The number of nitrogens with two attached hydrogens (primary N) is 1. The molecule has 3 N–H and O–H groups in total. The van der Waals surface area contributed by atoms with Crippen LogP contribution in [0.5, 0.6) is 0 Å². The first-order valence-electron chi connectivity index (χ1n) is 3.53. The molecule has 1 rings (SSSR count). The van der Waals surface area contributed by atoms with E-state index in [1.165, 1.54) is 0 Å². The van der Waals surface area contributed by atoms with Gasteiger partial charge >= 0.3 is 85.9 Å². The van der Waals surface area contributed by atoms with E-state index in [9.17, 15) is 4.79 Å². The summed E-state index contributed by atoms with van der Waals surface area (Å²) in [5.74, 6) is 0. The van der Waals surface area contributed by atoms with Gasteiger partial charge in [-0.15, -0.1) is 0 Å². The second-order valence-electron chi connectivity index (χ2n) is 2.43. The predicted octanol–water partition coefficient (Wildman–Crippen LogP) is 1.95. The van der Waals surface area contributed by atoms with Gasteiger partial charge in [-0.3, -0.25) is 0 Å². The van der Waals surface area contributed by atoms with Gasteiger partial charge in [-0.25, -0.2) is 0 Å². The molecule has 0 atom stereocenters. The fourth-order valence-electron chi connectivity index (χ4n) is 0.874. The second kappa shape index (κ2) is 4.14. The normalized spacial score (nSPS) is 12.2. The first kappa shape index (κ1) is 10.6. The number of carbonyl (C=O) groups is 1. The summed E-state index contributed by atoms with van der Waals surface area (Å²) in [6.07, 6.45) is -2.92. The summed E-state index contributed by atoms with van der Waals surface area (Å²) in [4.78, 5) is 10.6. The summed E-state index contributed by atoms with van der Waals surface area (Å²) < 4.78 is 0. The number of primary amides is 1. The Kier molecular flexibility index (Phi) is 3.37. The molecule has 0 saturated carbocycles. The molecule has 0 fully saturated rings. The van der Waals surface area contributed by atoms with Gasteiger partial charge in [-0.05, 0) is 0 Å². The van der Waals surface area contributed by atoms with Crippen molar-refractivity contribution >= 4 is 39.9 Å². The number of rotatable bonds is 2. The number of halogens is 2. The van der Waals surface area contributed by atoms with Crippen molar-refractivity contribution in [3.8, 4) is 0 Å². The quantitative estimate of drug-likeness (QED) is 0.761. The molecule has 3 nitrogen and oxygen atoms in total.